The summed E-state index contributed by atoms with van der Waals surface area (Å²) in [4.78, 5) is 13.7. The number of carbonyl (C=O) groups excluding carboxylic acids is 1. The average molecular weight is 203 g/mol. The smallest absolute Gasteiger partial charge is 0.253 e. The lowest BCUT2D eigenvalue weighted by molar-refractivity contribution is 0.0740. The predicted octanol–water partition coefficient (Wildman–Crippen LogP) is 2.62. The fraction of sp³-hybridized carbons (Fsp3) is 0.385. The summed E-state index contributed by atoms with van der Waals surface area (Å²) in [7, 11) is 1.82. The maximum absolute atomic E-state index is 12.0. The van der Waals surface area contributed by atoms with E-state index in [0.717, 1.165) is 6.42 Å². The van der Waals surface area contributed by atoms with Gasteiger partial charge in [-0.25, -0.2) is 0 Å². The quantitative estimate of drug-likeness (QED) is 0.739. The van der Waals surface area contributed by atoms with Crippen LogP contribution >= 0.6 is 0 Å². The number of rotatable bonds is 3. The van der Waals surface area contributed by atoms with Crippen LogP contribution < -0.4 is 0 Å². The first-order valence-corrected chi connectivity index (χ1v) is 5.19. The Kier molecular flexibility index (Phi) is 3.89. The standard InChI is InChI=1S/C13H17NO/c1-5-11(3)14(4)13(15)12-8-6-7-10(2)9-12/h2,6-9,11H,5H2,1,3-4H3. The second-order valence-corrected chi connectivity index (χ2v) is 3.80. The Bertz CT molecular complexity index is 346. The monoisotopic (exact) mass is 203 g/mol. The number of carbonyl (C=O) groups is 1. The molecule has 0 aliphatic carbocycles. The van der Waals surface area contributed by atoms with Gasteiger partial charge in [0.2, 0.25) is 0 Å². The molecule has 0 N–H and O–H groups in total. The van der Waals surface area contributed by atoms with E-state index < -0.39 is 0 Å². The van der Waals surface area contributed by atoms with Crippen molar-refractivity contribution in [1.29, 1.82) is 0 Å². The Morgan fingerprint density at radius 3 is 2.73 bits per heavy atom. The van der Waals surface area contributed by atoms with Gasteiger partial charge in [0.1, 0.15) is 0 Å². The van der Waals surface area contributed by atoms with Gasteiger partial charge in [-0.05, 0) is 38.0 Å². The molecule has 0 aromatic heterocycles. The van der Waals surface area contributed by atoms with Gasteiger partial charge in [-0.3, -0.25) is 4.79 Å². The van der Waals surface area contributed by atoms with E-state index in [0.29, 0.717) is 11.1 Å². The van der Waals surface area contributed by atoms with E-state index in [1.165, 1.54) is 0 Å². The lowest BCUT2D eigenvalue weighted by atomic mass is 10.1. The predicted molar refractivity (Wildman–Crippen MR) is 61.7 cm³/mol. The van der Waals surface area contributed by atoms with E-state index >= 15 is 0 Å². The summed E-state index contributed by atoms with van der Waals surface area (Å²) in [6.07, 6.45) is 0.949. The molecule has 2 heteroatoms. The SMILES string of the molecule is [CH]c1cccc(C(=O)N(C)C(C)CC)c1. The Balaban J connectivity index is 2.85. The third-order valence-electron chi connectivity index (χ3n) is 2.71. The first kappa shape index (κ1) is 11.8. The first-order valence-electron chi connectivity index (χ1n) is 5.19. The lowest BCUT2D eigenvalue weighted by Gasteiger charge is -2.23. The van der Waals surface area contributed by atoms with Gasteiger partial charge in [0, 0.05) is 18.7 Å². The molecule has 1 aromatic carbocycles. The van der Waals surface area contributed by atoms with Gasteiger partial charge in [-0.2, -0.15) is 0 Å². The normalized spacial score (nSPS) is 12.3. The van der Waals surface area contributed by atoms with Crippen LogP contribution in [-0.2, 0) is 0 Å². The summed E-state index contributed by atoms with van der Waals surface area (Å²) in [6, 6.07) is 7.32. The molecular formula is C13H17NO. The fourth-order valence-electron chi connectivity index (χ4n) is 1.35. The molecule has 80 valence electrons. The highest BCUT2D eigenvalue weighted by Crippen LogP contribution is 2.10. The molecule has 1 aromatic rings. The first-order chi connectivity index (χ1) is 7.06. The van der Waals surface area contributed by atoms with Crippen LogP contribution in [0.15, 0.2) is 24.3 Å². The minimum Gasteiger partial charge on any atom is -0.339 e. The molecule has 0 aliphatic rings. The zero-order valence-corrected chi connectivity index (χ0v) is 9.53. The topological polar surface area (TPSA) is 20.3 Å². The average Bonchev–Trinajstić information content (AvgIpc) is 2.26. The Labute approximate surface area is 91.9 Å². The van der Waals surface area contributed by atoms with Crippen LogP contribution in [0.25, 0.3) is 0 Å². The zero-order valence-electron chi connectivity index (χ0n) is 9.53. The maximum atomic E-state index is 12.0. The molecule has 0 aliphatic heterocycles. The van der Waals surface area contributed by atoms with Gasteiger partial charge in [0.05, 0.1) is 0 Å². The molecule has 0 spiro atoms. The van der Waals surface area contributed by atoms with Crippen molar-refractivity contribution in [2.24, 2.45) is 0 Å². The molecular weight excluding hydrogens is 186 g/mol. The lowest BCUT2D eigenvalue weighted by Crippen LogP contribution is -2.34. The molecule has 1 atom stereocenters. The molecule has 0 fully saturated rings. The van der Waals surface area contributed by atoms with E-state index in [9.17, 15) is 4.79 Å². The van der Waals surface area contributed by atoms with Crippen molar-refractivity contribution in [2.75, 3.05) is 7.05 Å². The van der Waals surface area contributed by atoms with Crippen molar-refractivity contribution in [3.8, 4) is 0 Å². The molecule has 1 rings (SSSR count). The van der Waals surface area contributed by atoms with Gasteiger partial charge >= 0.3 is 0 Å². The highest BCUT2D eigenvalue weighted by atomic mass is 16.2. The van der Waals surface area contributed by atoms with Gasteiger partial charge in [-0.15, -0.1) is 0 Å². The summed E-state index contributed by atoms with van der Waals surface area (Å²) in [5.74, 6) is 0.0247. The highest BCUT2D eigenvalue weighted by molar-refractivity contribution is 5.94. The second kappa shape index (κ2) is 4.96. The molecule has 0 bridgehead atoms. The molecule has 0 heterocycles. The number of hydrogen-bond donors (Lipinski definition) is 0. The maximum Gasteiger partial charge on any atom is 0.253 e. The van der Waals surface area contributed by atoms with Crippen LogP contribution in [0.5, 0.6) is 0 Å². The summed E-state index contributed by atoms with van der Waals surface area (Å²) >= 11 is 0. The Morgan fingerprint density at radius 1 is 1.53 bits per heavy atom. The second-order valence-electron chi connectivity index (χ2n) is 3.80. The summed E-state index contributed by atoms with van der Waals surface area (Å²) in [6.45, 7) is 9.73. The number of amides is 1. The van der Waals surface area contributed by atoms with Gasteiger partial charge in [0.15, 0.2) is 0 Å². The number of nitrogens with zero attached hydrogens (tertiary/aromatic N) is 1. The molecule has 15 heavy (non-hydrogen) atoms. The van der Waals surface area contributed by atoms with Crippen LogP contribution in [0, 0.1) is 6.92 Å². The number of benzene rings is 1. The van der Waals surface area contributed by atoms with Crippen molar-refractivity contribution in [3.05, 3.63) is 42.3 Å². The van der Waals surface area contributed by atoms with E-state index in [1.54, 1.807) is 29.2 Å². The molecule has 1 unspecified atom stereocenters. The Morgan fingerprint density at radius 2 is 2.20 bits per heavy atom. The van der Waals surface area contributed by atoms with Crippen LogP contribution in [-0.4, -0.2) is 23.9 Å². The van der Waals surface area contributed by atoms with E-state index in [2.05, 4.69) is 6.92 Å². The zero-order chi connectivity index (χ0) is 11.4. The van der Waals surface area contributed by atoms with Crippen LogP contribution in [0.3, 0.4) is 0 Å². The van der Waals surface area contributed by atoms with Gasteiger partial charge in [-0.1, -0.05) is 19.1 Å². The summed E-state index contributed by atoms with van der Waals surface area (Å²) in [5, 5.41) is 0. The third kappa shape index (κ3) is 2.82. The van der Waals surface area contributed by atoms with Crippen molar-refractivity contribution >= 4 is 5.91 Å². The minimum atomic E-state index is 0.0247. The van der Waals surface area contributed by atoms with Crippen LogP contribution in [0.4, 0.5) is 0 Å². The van der Waals surface area contributed by atoms with E-state index in [-0.39, 0.29) is 11.9 Å². The van der Waals surface area contributed by atoms with Crippen molar-refractivity contribution < 1.29 is 4.79 Å². The van der Waals surface area contributed by atoms with Crippen molar-refractivity contribution in [2.45, 2.75) is 26.3 Å². The minimum absolute atomic E-state index is 0.0247. The molecule has 2 radical (unpaired) electrons. The molecule has 2 nitrogen and oxygen atoms in total. The van der Waals surface area contributed by atoms with Gasteiger partial charge < -0.3 is 4.90 Å². The van der Waals surface area contributed by atoms with Crippen molar-refractivity contribution in [3.63, 3.8) is 0 Å². The molecule has 1 amide bonds. The fourth-order valence-corrected chi connectivity index (χ4v) is 1.35. The van der Waals surface area contributed by atoms with Gasteiger partial charge in [0.25, 0.3) is 5.91 Å². The largest absolute Gasteiger partial charge is 0.339 e. The molecule has 0 saturated heterocycles. The van der Waals surface area contributed by atoms with Crippen LogP contribution in [0.2, 0.25) is 0 Å². The summed E-state index contributed by atoms with van der Waals surface area (Å²) in [5.41, 5.74) is 1.27. The van der Waals surface area contributed by atoms with Crippen molar-refractivity contribution in [1.82, 2.24) is 4.90 Å². The van der Waals surface area contributed by atoms with E-state index in [4.69, 9.17) is 6.92 Å². The molecule has 0 saturated carbocycles. The summed E-state index contributed by atoms with van der Waals surface area (Å²) < 4.78 is 0. The van der Waals surface area contributed by atoms with E-state index in [1.807, 2.05) is 14.0 Å². The highest BCUT2D eigenvalue weighted by Gasteiger charge is 2.15. The Hall–Kier alpha value is -1.31. The van der Waals surface area contributed by atoms with Crippen LogP contribution in [0.1, 0.15) is 36.2 Å². The number of hydrogen-bond acceptors (Lipinski definition) is 1. The third-order valence-corrected chi connectivity index (χ3v) is 2.71.